The van der Waals surface area contributed by atoms with Crippen molar-refractivity contribution in [3.05, 3.63) is 58.1 Å². The van der Waals surface area contributed by atoms with Gasteiger partial charge >= 0.3 is 0 Å². The zero-order valence-electron chi connectivity index (χ0n) is 20.4. The summed E-state index contributed by atoms with van der Waals surface area (Å²) < 4.78 is 8.25. The Balaban J connectivity index is 1.24. The number of carbonyl (C=O) groups is 1. The summed E-state index contributed by atoms with van der Waals surface area (Å²) >= 11 is 3.58. The van der Waals surface area contributed by atoms with Crippen molar-refractivity contribution in [3.63, 3.8) is 0 Å². The van der Waals surface area contributed by atoms with Gasteiger partial charge in [0.2, 0.25) is 5.91 Å². The molecule has 2 aromatic rings. The maximum atomic E-state index is 13.7. The van der Waals surface area contributed by atoms with Crippen molar-refractivity contribution in [2.24, 2.45) is 5.92 Å². The Bertz CT molecular complexity index is 1010. The first-order valence-electron chi connectivity index (χ1n) is 13.2. The average Bonchev–Trinajstić information content (AvgIpc) is 2.81. The molecule has 0 radical (unpaired) electrons. The number of benzene rings is 2. The van der Waals surface area contributed by atoms with E-state index in [-0.39, 0.29) is 17.9 Å². The first-order valence-corrected chi connectivity index (χ1v) is 14.0. The quantitative estimate of drug-likeness (QED) is 0.447. The second-order valence-electron chi connectivity index (χ2n) is 11.0. The molecular weight excluding hydrogens is 488 g/mol. The molecule has 34 heavy (non-hydrogen) atoms. The van der Waals surface area contributed by atoms with Crippen molar-refractivity contribution in [2.45, 2.75) is 69.7 Å². The average molecular weight is 527 g/mol. The fourth-order valence-corrected chi connectivity index (χ4v) is 6.75. The topological polar surface area (TPSA) is 38.3 Å². The minimum atomic E-state index is -0.338. The molecule has 2 heterocycles. The summed E-state index contributed by atoms with van der Waals surface area (Å²) in [6, 6.07) is 14.1. The van der Waals surface area contributed by atoms with Crippen LogP contribution in [0.2, 0.25) is 0 Å². The Kier molecular flexibility index (Phi) is 7.31. The molecule has 5 rings (SSSR count). The first-order chi connectivity index (χ1) is 16.5. The molecule has 4 nitrogen and oxygen atoms in total. The van der Waals surface area contributed by atoms with Gasteiger partial charge in [0.05, 0.1) is 32.6 Å². The number of fused-ring (bicyclic) bond motifs is 2. The molecule has 1 amide bonds. The van der Waals surface area contributed by atoms with Crippen LogP contribution in [0, 0.1) is 5.92 Å². The molecule has 2 aliphatic heterocycles. The number of nitrogens with one attached hydrogen (secondary N) is 1. The van der Waals surface area contributed by atoms with Gasteiger partial charge in [-0.3, -0.25) is 4.79 Å². The molecule has 1 saturated heterocycles. The van der Waals surface area contributed by atoms with E-state index in [2.05, 4.69) is 28.3 Å². The molecule has 182 valence electrons. The van der Waals surface area contributed by atoms with E-state index in [1.807, 2.05) is 42.5 Å². The van der Waals surface area contributed by atoms with E-state index in [9.17, 15) is 4.79 Å². The number of likely N-dealkylation sites (tertiary alicyclic amines) is 1. The van der Waals surface area contributed by atoms with Crippen LogP contribution in [0.15, 0.2) is 46.9 Å². The Morgan fingerprint density at radius 3 is 2.38 bits per heavy atom. The molecule has 0 spiro atoms. The van der Waals surface area contributed by atoms with Crippen LogP contribution in [0.1, 0.15) is 74.8 Å². The lowest BCUT2D eigenvalue weighted by atomic mass is 9.86. The molecule has 1 aliphatic carbocycles. The van der Waals surface area contributed by atoms with Crippen molar-refractivity contribution >= 4 is 21.8 Å². The third-order valence-corrected chi connectivity index (χ3v) is 8.79. The zero-order valence-corrected chi connectivity index (χ0v) is 22.0. The van der Waals surface area contributed by atoms with Gasteiger partial charge in [-0.05, 0) is 37.1 Å². The Labute approximate surface area is 212 Å². The molecule has 1 atom stereocenters. The standard InChI is InChI=1S/C29H37BrN2O2/c1-32(20-21-9-5-3-2-4-6-10-21)17-15-23(16-18-32)31-29(33)28-24-11-7-8-12-26(24)34-27-14-13-22(30)19-25(27)28/h7-8,11-14,19,21,23,28H,2-6,9-10,15-18,20H2,1H3/p+1. The molecule has 0 aromatic heterocycles. The van der Waals surface area contributed by atoms with Gasteiger partial charge in [0.25, 0.3) is 0 Å². The van der Waals surface area contributed by atoms with Crippen molar-refractivity contribution in [3.8, 4) is 11.5 Å². The van der Waals surface area contributed by atoms with E-state index in [0.717, 1.165) is 58.9 Å². The number of rotatable bonds is 4. The van der Waals surface area contributed by atoms with E-state index in [1.54, 1.807) is 0 Å². The van der Waals surface area contributed by atoms with Gasteiger partial charge in [-0.25, -0.2) is 0 Å². The molecule has 0 bridgehead atoms. The van der Waals surface area contributed by atoms with Crippen LogP contribution in [0.25, 0.3) is 0 Å². The Morgan fingerprint density at radius 1 is 0.941 bits per heavy atom. The Hall–Kier alpha value is -1.85. The summed E-state index contributed by atoms with van der Waals surface area (Å²) in [5.74, 6) is 2.19. The molecule has 5 heteroatoms. The highest BCUT2D eigenvalue weighted by molar-refractivity contribution is 9.10. The molecule has 3 aliphatic rings. The van der Waals surface area contributed by atoms with Gasteiger partial charge in [0.1, 0.15) is 11.5 Å². The maximum absolute atomic E-state index is 13.7. The monoisotopic (exact) mass is 525 g/mol. The van der Waals surface area contributed by atoms with Gasteiger partial charge in [0.15, 0.2) is 0 Å². The molecular formula is C29H38BrN2O2+. The second kappa shape index (κ2) is 10.4. The summed E-state index contributed by atoms with van der Waals surface area (Å²) in [6.45, 7) is 3.64. The van der Waals surface area contributed by atoms with Crippen molar-refractivity contribution < 1.29 is 14.0 Å². The number of hydrogen-bond acceptors (Lipinski definition) is 2. The summed E-state index contributed by atoms with van der Waals surface area (Å²) in [5.41, 5.74) is 1.89. The predicted molar refractivity (Wildman–Crippen MR) is 140 cm³/mol. The number of piperidine rings is 1. The number of nitrogens with zero attached hydrogens (tertiary/aromatic N) is 1. The third kappa shape index (κ3) is 5.36. The van der Waals surface area contributed by atoms with Crippen molar-refractivity contribution in [2.75, 3.05) is 26.7 Å². The van der Waals surface area contributed by atoms with E-state index in [1.165, 1.54) is 56.0 Å². The largest absolute Gasteiger partial charge is 0.457 e. The lowest BCUT2D eigenvalue weighted by Gasteiger charge is -2.43. The second-order valence-corrected chi connectivity index (χ2v) is 11.9. The van der Waals surface area contributed by atoms with Crippen LogP contribution < -0.4 is 10.1 Å². The smallest absolute Gasteiger partial charge is 0.232 e. The predicted octanol–water partition coefficient (Wildman–Crippen LogP) is 6.77. The van der Waals surface area contributed by atoms with E-state index in [4.69, 9.17) is 4.74 Å². The van der Waals surface area contributed by atoms with E-state index < -0.39 is 0 Å². The van der Waals surface area contributed by atoms with Gasteiger partial charge in [0, 0.05) is 40.4 Å². The number of para-hydroxylation sites is 1. The highest BCUT2D eigenvalue weighted by Crippen LogP contribution is 2.45. The number of quaternary nitrogens is 1. The number of carbonyl (C=O) groups excluding carboxylic acids is 1. The van der Waals surface area contributed by atoms with E-state index in [0.29, 0.717) is 0 Å². The van der Waals surface area contributed by atoms with Gasteiger partial charge < -0.3 is 14.5 Å². The fourth-order valence-electron chi connectivity index (χ4n) is 6.37. The molecule has 2 aromatic carbocycles. The minimum Gasteiger partial charge on any atom is -0.457 e. The molecule has 1 N–H and O–H groups in total. The first kappa shape index (κ1) is 23.9. The normalized spacial score (nSPS) is 27.5. The van der Waals surface area contributed by atoms with Crippen LogP contribution in [0.4, 0.5) is 0 Å². The van der Waals surface area contributed by atoms with Crippen LogP contribution in [0.5, 0.6) is 11.5 Å². The summed E-state index contributed by atoms with van der Waals surface area (Å²) in [6.07, 6.45) is 12.0. The zero-order chi connectivity index (χ0) is 23.5. The van der Waals surface area contributed by atoms with Gasteiger partial charge in [-0.15, -0.1) is 0 Å². The third-order valence-electron chi connectivity index (χ3n) is 8.30. The SMILES string of the molecule is C[N+]1(CC2CCCCCCC2)CCC(NC(=O)C2c3ccccc3Oc3ccc(Br)cc32)CC1. The highest BCUT2D eigenvalue weighted by atomic mass is 79.9. The van der Waals surface area contributed by atoms with Crippen molar-refractivity contribution in [1.29, 1.82) is 0 Å². The molecule has 2 fully saturated rings. The summed E-state index contributed by atoms with van der Waals surface area (Å²) in [5, 5.41) is 3.43. The van der Waals surface area contributed by atoms with Crippen LogP contribution >= 0.6 is 15.9 Å². The number of amides is 1. The number of ether oxygens (including phenoxy) is 1. The molecule has 1 saturated carbocycles. The summed E-state index contributed by atoms with van der Waals surface area (Å²) in [7, 11) is 2.44. The lowest BCUT2D eigenvalue weighted by Crippen LogP contribution is -2.56. The highest BCUT2D eigenvalue weighted by Gasteiger charge is 2.37. The lowest BCUT2D eigenvalue weighted by molar-refractivity contribution is -0.917. The summed E-state index contributed by atoms with van der Waals surface area (Å²) in [4.78, 5) is 13.7. The molecule has 1 unspecified atom stereocenters. The van der Waals surface area contributed by atoms with Crippen LogP contribution in [-0.2, 0) is 4.79 Å². The van der Waals surface area contributed by atoms with Crippen LogP contribution in [-0.4, -0.2) is 43.1 Å². The number of halogens is 1. The maximum Gasteiger partial charge on any atom is 0.232 e. The van der Waals surface area contributed by atoms with Crippen LogP contribution in [0.3, 0.4) is 0 Å². The Morgan fingerprint density at radius 2 is 1.62 bits per heavy atom. The fraction of sp³-hybridized carbons (Fsp3) is 0.552. The number of hydrogen-bond donors (Lipinski definition) is 1. The van der Waals surface area contributed by atoms with Crippen molar-refractivity contribution in [1.82, 2.24) is 5.32 Å². The van der Waals surface area contributed by atoms with Gasteiger partial charge in [-0.1, -0.05) is 66.2 Å². The van der Waals surface area contributed by atoms with Gasteiger partial charge in [-0.2, -0.15) is 0 Å². The minimum absolute atomic E-state index is 0.0937. The van der Waals surface area contributed by atoms with E-state index >= 15 is 0 Å².